The highest BCUT2D eigenvalue weighted by atomic mass is 16.4. The van der Waals surface area contributed by atoms with Crippen LogP contribution in [-0.2, 0) is 4.79 Å². The van der Waals surface area contributed by atoms with Gasteiger partial charge in [-0.25, -0.2) is 0 Å². The molecule has 6 nitrogen and oxygen atoms in total. The quantitative estimate of drug-likeness (QED) is 0.884. The topological polar surface area (TPSA) is 86.7 Å². The maximum atomic E-state index is 12.7. The monoisotopic (exact) mass is 332 g/mol. The fourth-order valence-electron chi connectivity index (χ4n) is 3.04. The first-order valence-corrected chi connectivity index (χ1v) is 8.26. The highest BCUT2D eigenvalue weighted by Gasteiger charge is 2.35. The lowest BCUT2D eigenvalue weighted by Gasteiger charge is -2.37. The first-order chi connectivity index (χ1) is 11.3. The van der Waals surface area contributed by atoms with E-state index in [-0.39, 0.29) is 23.9 Å². The van der Waals surface area contributed by atoms with Gasteiger partial charge in [0.15, 0.2) is 0 Å². The normalized spacial score (nSPS) is 20.8. The Labute approximate surface area is 141 Å². The van der Waals surface area contributed by atoms with Crippen LogP contribution in [0.3, 0.4) is 0 Å². The van der Waals surface area contributed by atoms with Gasteiger partial charge in [-0.1, -0.05) is 0 Å². The molecule has 1 aliphatic heterocycles. The van der Waals surface area contributed by atoms with Crippen molar-refractivity contribution in [2.45, 2.75) is 45.7 Å². The van der Waals surface area contributed by atoms with Crippen molar-refractivity contribution in [2.24, 2.45) is 5.92 Å². The lowest BCUT2D eigenvalue weighted by molar-refractivity contribution is -0.144. The van der Waals surface area contributed by atoms with Crippen molar-refractivity contribution in [3.05, 3.63) is 35.4 Å². The fraction of sp³-hybridized carbons (Fsp3) is 0.500. The largest absolute Gasteiger partial charge is 0.481 e. The van der Waals surface area contributed by atoms with Gasteiger partial charge in [0.05, 0.1) is 5.92 Å². The van der Waals surface area contributed by atoms with E-state index < -0.39 is 11.9 Å². The second kappa shape index (κ2) is 7.47. The summed E-state index contributed by atoms with van der Waals surface area (Å²) in [4.78, 5) is 37.5. The Balaban J connectivity index is 2.12. The van der Waals surface area contributed by atoms with Gasteiger partial charge in [0.25, 0.3) is 11.8 Å². The van der Waals surface area contributed by atoms with Crippen molar-refractivity contribution < 1.29 is 19.5 Å². The van der Waals surface area contributed by atoms with Crippen molar-refractivity contribution in [1.29, 1.82) is 0 Å². The minimum Gasteiger partial charge on any atom is -0.481 e. The number of carboxylic acid groups (broad SMARTS) is 1. The summed E-state index contributed by atoms with van der Waals surface area (Å²) in [5.41, 5.74) is 0.962. The van der Waals surface area contributed by atoms with Crippen molar-refractivity contribution in [1.82, 2.24) is 10.2 Å². The van der Waals surface area contributed by atoms with Crippen LogP contribution in [0.4, 0.5) is 0 Å². The summed E-state index contributed by atoms with van der Waals surface area (Å²) in [7, 11) is 0. The van der Waals surface area contributed by atoms with E-state index in [0.717, 1.165) is 0 Å². The number of hydrogen-bond acceptors (Lipinski definition) is 3. The van der Waals surface area contributed by atoms with Gasteiger partial charge in [0, 0.05) is 29.8 Å². The number of hydrogen-bond donors (Lipinski definition) is 2. The average Bonchev–Trinajstić information content (AvgIpc) is 2.53. The SMILES string of the molecule is CC(C)NC(=O)c1ccc(C(=O)N2CCC[C@H](C(=O)O)[C@@H]2C)cc1. The molecule has 1 aromatic rings. The Morgan fingerprint density at radius 3 is 2.29 bits per heavy atom. The Hall–Kier alpha value is -2.37. The van der Waals surface area contributed by atoms with Crippen LogP contribution in [0.1, 0.15) is 54.3 Å². The van der Waals surface area contributed by atoms with Gasteiger partial charge >= 0.3 is 5.97 Å². The van der Waals surface area contributed by atoms with Crippen LogP contribution in [0, 0.1) is 5.92 Å². The van der Waals surface area contributed by atoms with Crippen LogP contribution >= 0.6 is 0 Å². The summed E-state index contributed by atoms with van der Waals surface area (Å²) in [6, 6.07) is 6.18. The Kier molecular flexibility index (Phi) is 5.59. The van der Waals surface area contributed by atoms with E-state index in [1.165, 1.54) is 0 Å². The molecule has 2 rings (SSSR count). The number of carbonyl (C=O) groups excluding carboxylic acids is 2. The number of likely N-dealkylation sites (tertiary alicyclic amines) is 1. The number of carbonyl (C=O) groups is 3. The molecule has 0 bridgehead atoms. The summed E-state index contributed by atoms with van der Waals surface area (Å²) in [5, 5.41) is 12.1. The number of benzene rings is 1. The van der Waals surface area contributed by atoms with E-state index in [0.29, 0.717) is 30.5 Å². The van der Waals surface area contributed by atoms with Crippen molar-refractivity contribution >= 4 is 17.8 Å². The molecule has 2 N–H and O–H groups in total. The standard InChI is InChI=1S/C18H24N2O4/c1-11(2)19-16(21)13-6-8-14(9-7-13)17(22)20-10-4-5-15(12(20)3)18(23)24/h6-9,11-12,15H,4-5,10H2,1-3H3,(H,19,21)(H,23,24)/t12-,15-/m0/s1. The number of rotatable bonds is 4. The van der Waals surface area contributed by atoms with Gasteiger partial charge in [-0.15, -0.1) is 0 Å². The highest BCUT2D eigenvalue weighted by Crippen LogP contribution is 2.25. The van der Waals surface area contributed by atoms with Gasteiger partial charge in [0.2, 0.25) is 0 Å². The number of aliphatic carboxylic acids is 1. The molecule has 2 amide bonds. The lowest BCUT2D eigenvalue weighted by Crippen LogP contribution is -2.49. The van der Waals surface area contributed by atoms with E-state index in [1.54, 1.807) is 36.1 Å². The van der Waals surface area contributed by atoms with E-state index >= 15 is 0 Å². The van der Waals surface area contributed by atoms with Crippen molar-refractivity contribution in [2.75, 3.05) is 6.54 Å². The van der Waals surface area contributed by atoms with Gasteiger partial charge in [-0.3, -0.25) is 14.4 Å². The van der Waals surface area contributed by atoms with E-state index in [2.05, 4.69) is 5.32 Å². The Morgan fingerprint density at radius 1 is 1.17 bits per heavy atom. The minimum absolute atomic E-state index is 0.0426. The molecule has 1 fully saturated rings. The van der Waals surface area contributed by atoms with Crippen LogP contribution < -0.4 is 5.32 Å². The molecule has 1 saturated heterocycles. The third kappa shape index (κ3) is 3.93. The summed E-state index contributed by atoms with van der Waals surface area (Å²) in [6.07, 6.45) is 1.27. The van der Waals surface area contributed by atoms with Gasteiger partial charge in [-0.05, 0) is 57.9 Å². The van der Waals surface area contributed by atoms with Crippen molar-refractivity contribution in [3.63, 3.8) is 0 Å². The molecular formula is C18H24N2O4. The van der Waals surface area contributed by atoms with E-state index in [4.69, 9.17) is 0 Å². The van der Waals surface area contributed by atoms with Crippen LogP contribution in [0.2, 0.25) is 0 Å². The zero-order valence-electron chi connectivity index (χ0n) is 14.3. The molecule has 0 unspecified atom stereocenters. The number of carboxylic acids is 1. The number of nitrogens with zero attached hydrogens (tertiary/aromatic N) is 1. The fourth-order valence-corrected chi connectivity index (χ4v) is 3.04. The van der Waals surface area contributed by atoms with Gasteiger partial charge in [0.1, 0.15) is 0 Å². The van der Waals surface area contributed by atoms with Gasteiger partial charge in [-0.2, -0.15) is 0 Å². The summed E-state index contributed by atoms with van der Waals surface area (Å²) < 4.78 is 0. The molecule has 0 aliphatic carbocycles. The van der Waals surface area contributed by atoms with Crippen LogP contribution in [0.25, 0.3) is 0 Å². The van der Waals surface area contributed by atoms with Crippen LogP contribution in [0.15, 0.2) is 24.3 Å². The summed E-state index contributed by atoms with van der Waals surface area (Å²) >= 11 is 0. The molecule has 0 spiro atoms. The maximum Gasteiger partial charge on any atom is 0.308 e. The third-order valence-electron chi connectivity index (χ3n) is 4.38. The number of nitrogens with one attached hydrogen (secondary N) is 1. The molecule has 24 heavy (non-hydrogen) atoms. The third-order valence-corrected chi connectivity index (χ3v) is 4.38. The predicted molar refractivity (Wildman–Crippen MR) is 89.9 cm³/mol. The van der Waals surface area contributed by atoms with Crippen LogP contribution in [-0.4, -0.2) is 46.4 Å². The molecule has 2 atom stereocenters. The average molecular weight is 332 g/mol. The molecule has 1 aromatic carbocycles. The molecule has 130 valence electrons. The van der Waals surface area contributed by atoms with Gasteiger partial charge < -0.3 is 15.3 Å². The molecule has 0 radical (unpaired) electrons. The zero-order chi connectivity index (χ0) is 17.9. The van der Waals surface area contributed by atoms with E-state index in [1.807, 2.05) is 13.8 Å². The molecule has 1 heterocycles. The lowest BCUT2D eigenvalue weighted by atomic mass is 9.90. The molecule has 6 heteroatoms. The molecular weight excluding hydrogens is 308 g/mol. The predicted octanol–water partition coefficient (Wildman–Crippen LogP) is 2.15. The highest BCUT2D eigenvalue weighted by molar-refractivity contribution is 5.98. The molecule has 1 aliphatic rings. The van der Waals surface area contributed by atoms with Crippen LogP contribution in [0.5, 0.6) is 0 Å². The number of amides is 2. The summed E-state index contributed by atoms with van der Waals surface area (Å²) in [6.45, 7) is 6.10. The molecule has 0 saturated carbocycles. The second-order valence-corrected chi connectivity index (χ2v) is 6.53. The first kappa shape index (κ1) is 18.0. The molecule has 0 aromatic heterocycles. The Morgan fingerprint density at radius 2 is 1.75 bits per heavy atom. The second-order valence-electron chi connectivity index (χ2n) is 6.53. The van der Waals surface area contributed by atoms with E-state index in [9.17, 15) is 19.5 Å². The Bertz CT molecular complexity index is 624. The minimum atomic E-state index is -0.860. The van der Waals surface area contributed by atoms with Crippen molar-refractivity contribution in [3.8, 4) is 0 Å². The smallest absolute Gasteiger partial charge is 0.308 e. The number of piperidine rings is 1. The summed E-state index contributed by atoms with van der Waals surface area (Å²) in [5.74, 6) is -1.76. The first-order valence-electron chi connectivity index (χ1n) is 8.26. The zero-order valence-corrected chi connectivity index (χ0v) is 14.3. The maximum absolute atomic E-state index is 12.7.